The lowest BCUT2D eigenvalue weighted by atomic mass is 10.1. The molecule has 2 aromatic rings. The number of ether oxygens (including phenoxy) is 2. The Labute approximate surface area is 122 Å². The zero-order valence-corrected chi connectivity index (χ0v) is 12.3. The van der Waals surface area contributed by atoms with E-state index in [4.69, 9.17) is 25.6 Å². The van der Waals surface area contributed by atoms with Crippen molar-refractivity contribution >= 4 is 11.6 Å². The molecule has 0 fully saturated rings. The zero-order valence-electron chi connectivity index (χ0n) is 11.5. The Morgan fingerprint density at radius 3 is 2.55 bits per heavy atom. The Kier molecular flexibility index (Phi) is 5.52. The van der Waals surface area contributed by atoms with Crippen LogP contribution in [0.5, 0.6) is 0 Å². The molecule has 0 radical (unpaired) electrons. The van der Waals surface area contributed by atoms with E-state index in [1.165, 1.54) is 0 Å². The number of rotatable bonds is 7. The SMILES string of the molecule is CCOC(OCC)c1nc(Cc2ccccc2Cl)no1. The van der Waals surface area contributed by atoms with Crippen LogP contribution in [0.15, 0.2) is 28.8 Å². The lowest BCUT2D eigenvalue weighted by Crippen LogP contribution is -2.09. The minimum Gasteiger partial charge on any atom is -0.345 e. The van der Waals surface area contributed by atoms with E-state index < -0.39 is 6.29 Å². The number of benzene rings is 1. The minimum absolute atomic E-state index is 0.329. The Balaban J connectivity index is 2.10. The molecule has 0 amide bonds. The first kappa shape index (κ1) is 15.0. The summed E-state index contributed by atoms with van der Waals surface area (Å²) in [6, 6.07) is 7.57. The van der Waals surface area contributed by atoms with Gasteiger partial charge in [0.25, 0.3) is 5.89 Å². The van der Waals surface area contributed by atoms with Gasteiger partial charge in [0.05, 0.1) is 0 Å². The van der Waals surface area contributed by atoms with Crippen molar-refractivity contribution in [1.82, 2.24) is 10.1 Å². The fraction of sp³-hybridized carbons (Fsp3) is 0.429. The smallest absolute Gasteiger partial charge is 0.283 e. The summed E-state index contributed by atoms with van der Waals surface area (Å²) in [4.78, 5) is 4.30. The van der Waals surface area contributed by atoms with Gasteiger partial charge in [-0.25, -0.2) is 0 Å². The van der Waals surface area contributed by atoms with Gasteiger partial charge in [0.2, 0.25) is 6.29 Å². The van der Waals surface area contributed by atoms with Crippen molar-refractivity contribution in [2.24, 2.45) is 0 Å². The van der Waals surface area contributed by atoms with Crippen molar-refractivity contribution in [3.63, 3.8) is 0 Å². The van der Waals surface area contributed by atoms with Gasteiger partial charge in [0.15, 0.2) is 5.82 Å². The number of aromatic nitrogens is 2. The predicted molar refractivity (Wildman–Crippen MR) is 74.5 cm³/mol. The second-order valence-electron chi connectivity index (χ2n) is 4.06. The first-order chi connectivity index (χ1) is 9.74. The Morgan fingerprint density at radius 1 is 1.20 bits per heavy atom. The van der Waals surface area contributed by atoms with Crippen LogP contribution in [0.1, 0.15) is 37.4 Å². The molecule has 2 rings (SSSR count). The van der Waals surface area contributed by atoms with Gasteiger partial charge in [-0.05, 0) is 25.5 Å². The normalized spacial score (nSPS) is 11.2. The molecule has 1 heterocycles. The lowest BCUT2D eigenvalue weighted by Gasteiger charge is -2.11. The fourth-order valence-electron chi connectivity index (χ4n) is 1.74. The van der Waals surface area contributed by atoms with Gasteiger partial charge in [-0.15, -0.1) is 0 Å². The molecular formula is C14H17ClN2O3. The van der Waals surface area contributed by atoms with Gasteiger partial charge in [0.1, 0.15) is 0 Å². The fourth-order valence-corrected chi connectivity index (χ4v) is 1.94. The van der Waals surface area contributed by atoms with Crippen LogP contribution in [0.4, 0.5) is 0 Å². The van der Waals surface area contributed by atoms with E-state index in [1.54, 1.807) is 0 Å². The first-order valence-corrected chi connectivity index (χ1v) is 6.91. The molecule has 0 bridgehead atoms. The van der Waals surface area contributed by atoms with E-state index >= 15 is 0 Å². The molecule has 1 aromatic carbocycles. The average Bonchev–Trinajstić information content (AvgIpc) is 2.90. The van der Waals surface area contributed by atoms with Crippen molar-refractivity contribution in [2.75, 3.05) is 13.2 Å². The molecule has 0 saturated carbocycles. The number of hydrogen-bond donors (Lipinski definition) is 0. The number of halogens is 1. The molecule has 5 nitrogen and oxygen atoms in total. The molecule has 0 aliphatic rings. The Hall–Kier alpha value is -1.43. The maximum absolute atomic E-state index is 6.11. The van der Waals surface area contributed by atoms with Gasteiger partial charge < -0.3 is 14.0 Å². The second-order valence-corrected chi connectivity index (χ2v) is 4.47. The minimum atomic E-state index is -0.613. The van der Waals surface area contributed by atoms with Gasteiger partial charge in [-0.2, -0.15) is 4.98 Å². The second kappa shape index (κ2) is 7.38. The van der Waals surface area contributed by atoms with Crippen LogP contribution in [-0.4, -0.2) is 23.4 Å². The summed E-state index contributed by atoms with van der Waals surface area (Å²) in [7, 11) is 0. The van der Waals surface area contributed by atoms with Gasteiger partial charge in [0, 0.05) is 24.7 Å². The zero-order chi connectivity index (χ0) is 14.4. The van der Waals surface area contributed by atoms with Crippen molar-refractivity contribution in [3.05, 3.63) is 46.6 Å². The van der Waals surface area contributed by atoms with E-state index in [0.29, 0.717) is 36.4 Å². The van der Waals surface area contributed by atoms with E-state index in [1.807, 2.05) is 38.1 Å². The quantitative estimate of drug-likeness (QED) is 0.733. The molecule has 0 atom stereocenters. The van der Waals surface area contributed by atoms with Crippen molar-refractivity contribution in [3.8, 4) is 0 Å². The maximum Gasteiger partial charge on any atom is 0.283 e. The molecule has 6 heteroatoms. The Bertz CT molecular complexity index is 539. The highest BCUT2D eigenvalue weighted by Crippen LogP contribution is 2.20. The molecule has 0 N–H and O–H groups in total. The van der Waals surface area contributed by atoms with Crippen molar-refractivity contribution in [2.45, 2.75) is 26.6 Å². The van der Waals surface area contributed by atoms with Crippen LogP contribution in [0.25, 0.3) is 0 Å². The lowest BCUT2D eigenvalue weighted by molar-refractivity contribution is -0.155. The van der Waals surface area contributed by atoms with Crippen LogP contribution in [0, 0.1) is 0 Å². The highest BCUT2D eigenvalue weighted by atomic mass is 35.5. The van der Waals surface area contributed by atoms with Gasteiger partial charge >= 0.3 is 0 Å². The summed E-state index contributed by atoms with van der Waals surface area (Å²) in [5.74, 6) is 0.883. The summed E-state index contributed by atoms with van der Waals surface area (Å²) in [5, 5.41) is 4.62. The van der Waals surface area contributed by atoms with E-state index in [0.717, 1.165) is 5.56 Å². The van der Waals surface area contributed by atoms with Crippen LogP contribution < -0.4 is 0 Å². The molecule has 0 spiro atoms. The molecule has 1 aromatic heterocycles. The maximum atomic E-state index is 6.11. The molecule has 0 aliphatic carbocycles. The largest absolute Gasteiger partial charge is 0.345 e. The third-order valence-electron chi connectivity index (χ3n) is 2.63. The van der Waals surface area contributed by atoms with Crippen LogP contribution >= 0.6 is 11.6 Å². The summed E-state index contributed by atoms with van der Waals surface area (Å²) in [5.41, 5.74) is 0.950. The van der Waals surface area contributed by atoms with E-state index in [2.05, 4.69) is 10.1 Å². The highest BCUT2D eigenvalue weighted by molar-refractivity contribution is 6.31. The topological polar surface area (TPSA) is 57.4 Å². The van der Waals surface area contributed by atoms with E-state index in [-0.39, 0.29) is 0 Å². The molecule has 0 aliphatic heterocycles. The van der Waals surface area contributed by atoms with E-state index in [9.17, 15) is 0 Å². The average molecular weight is 297 g/mol. The summed E-state index contributed by atoms with van der Waals surface area (Å²) in [6.45, 7) is 4.78. The van der Waals surface area contributed by atoms with Crippen molar-refractivity contribution in [1.29, 1.82) is 0 Å². The van der Waals surface area contributed by atoms with Crippen LogP contribution in [0.3, 0.4) is 0 Å². The predicted octanol–water partition coefficient (Wildman–Crippen LogP) is 3.39. The first-order valence-electron chi connectivity index (χ1n) is 6.53. The summed E-state index contributed by atoms with van der Waals surface area (Å²) < 4.78 is 16.0. The molecular weight excluding hydrogens is 280 g/mol. The summed E-state index contributed by atoms with van der Waals surface area (Å²) >= 11 is 6.11. The third-order valence-corrected chi connectivity index (χ3v) is 3.00. The third kappa shape index (κ3) is 3.79. The monoisotopic (exact) mass is 296 g/mol. The van der Waals surface area contributed by atoms with Crippen molar-refractivity contribution < 1.29 is 14.0 Å². The van der Waals surface area contributed by atoms with Gasteiger partial charge in [-0.1, -0.05) is 35.0 Å². The molecule has 0 unspecified atom stereocenters. The number of hydrogen-bond acceptors (Lipinski definition) is 5. The number of nitrogens with zero attached hydrogens (tertiary/aromatic N) is 2. The standard InChI is InChI=1S/C14H17ClN2O3/c1-3-18-14(19-4-2)13-16-12(17-20-13)9-10-7-5-6-8-11(10)15/h5-8,14H,3-4,9H2,1-2H3. The molecule has 20 heavy (non-hydrogen) atoms. The summed E-state index contributed by atoms with van der Waals surface area (Å²) in [6.07, 6.45) is -0.105. The van der Waals surface area contributed by atoms with Gasteiger partial charge in [-0.3, -0.25) is 0 Å². The Morgan fingerprint density at radius 2 is 1.90 bits per heavy atom. The highest BCUT2D eigenvalue weighted by Gasteiger charge is 2.19. The van der Waals surface area contributed by atoms with Crippen LogP contribution in [0.2, 0.25) is 5.02 Å². The molecule has 108 valence electrons. The van der Waals surface area contributed by atoms with Crippen LogP contribution in [-0.2, 0) is 15.9 Å². The molecule has 0 saturated heterocycles.